The fourth-order valence-electron chi connectivity index (χ4n) is 1.53. The van der Waals surface area contributed by atoms with Crippen LogP contribution < -0.4 is 17.0 Å². The van der Waals surface area contributed by atoms with Gasteiger partial charge in [0.25, 0.3) is 0 Å². The molecule has 0 aliphatic carbocycles. The third-order valence-electron chi connectivity index (χ3n) is 2.27. The van der Waals surface area contributed by atoms with E-state index in [0.29, 0.717) is 5.69 Å². The van der Waals surface area contributed by atoms with Gasteiger partial charge in [-0.1, -0.05) is 24.3 Å². The van der Waals surface area contributed by atoms with E-state index >= 15 is 0 Å². The molecule has 2 rings (SSSR count). The van der Waals surface area contributed by atoms with Gasteiger partial charge in [-0.25, -0.2) is 10.8 Å². The average molecular weight is 216 g/mol. The molecule has 0 unspecified atom stereocenters. The lowest BCUT2D eigenvalue weighted by atomic mass is 10.1. The van der Waals surface area contributed by atoms with Gasteiger partial charge in [-0.15, -0.1) is 0 Å². The molecule has 0 bridgehead atoms. The van der Waals surface area contributed by atoms with E-state index in [4.69, 9.17) is 11.6 Å². The molecule has 82 valence electrons. The van der Waals surface area contributed by atoms with Crippen LogP contribution in [-0.2, 0) is 0 Å². The van der Waals surface area contributed by atoms with E-state index in [1.807, 2.05) is 24.3 Å². The maximum Gasteiger partial charge on any atom is 0.208 e. The molecule has 0 spiro atoms. The van der Waals surface area contributed by atoms with Gasteiger partial charge in [0.2, 0.25) is 5.96 Å². The highest BCUT2D eigenvalue weighted by Crippen LogP contribution is 2.32. The van der Waals surface area contributed by atoms with Gasteiger partial charge < -0.3 is 10.8 Å². The number of guanidine groups is 1. The first-order valence-corrected chi connectivity index (χ1v) is 4.74. The molecule has 0 heterocycles. The number of phenols is 1. The maximum atomic E-state index is 9.67. The second-order valence-corrected chi connectivity index (χ2v) is 3.29. The Balaban J connectivity index is 2.68. The average Bonchev–Trinajstić information content (AvgIpc) is 2.33. The van der Waals surface area contributed by atoms with Crippen molar-refractivity contribution >= 4 is 22.4 Å². The number of nitrogens with one attached hydrogen (secondary N) is 1. The molecule has 0 aliphatic rings. The van der Waals surface area contributed by atoms with Gasteiger partial charge in [0.15, 0.2) is 0 Å². The third-order valence-corrected chi connectivity index (χ3v) is 2.27. The number of nitrogens with two attached hydrogens (primary N) is 2. The Morgan fingerprint density at radius 3 is 2.50 bits per heavy atom. The van der Waals surface area contributed by atoms with Gasteiger partial charge in [-0.3, -0.25) is 5.43 Å². The summed E-state index contributed by atoms with van der Waals surface area (Å²) >= 11 is 0. The number of hydrogen-bond acceptors (Lipinski definition) is 3. The lowest BCUT2D eigenvalue weighted by Crippen LogP contribution is -2.36. The summed E-state index contributed by atoms with van der Waals surface area (Å²) < 4.78 is 0. The maximum absolute atomic E-state index is 9.67. The molecule has 0 saturated heterocycles. The number of aliphatic imine (C=N–C) groups is 1. The van der Waals surface area contributed by atoms with Crippen molar-refractivity contribution in [3.8, 4) is 5.75 Å². The molecule has 0 fully saturated rings. The van der Waals surface area contributed by atoms with Crippen LogP contribution in [0.25, 0.3) is 10.8 Å². The lowest BCUT2D eigenvalue weighted by molar-refractivity contribution is 0.481. The predicted molar refractivity (Wildman–Crippen MR) is 64.2 cm³/mol. The fourth-order valence-corrected chi connectivity index (χ4v) is 1.53. The summed E-state index contributed by atoms with van der Waals surface area (Å²) in [5, 5.41) is 11.2. The number of hydrazine groups is 1. The highest BCUT2D eigenvalue weighted by molar-refractivity contribution is 5.98. The van der Waals surface area contributed by atoms with E-state index in [0.717, 1.165) is 10.8 Å². The van der Waals surface area contributed by atoms with Gasteiger partial charge in [0.05, 0.1) is 5.69 Å². The number of fused-ring (bicyclic) bond motifs is 1. The minimum Gasteiger partial charge on any atom is -0.507 e. The molecule has 0 aliphatic heterocycles. The van der Waals surface area contributed by atoms with E-state index < -0.39 is 0 Å². The van der Waals surface area contributed by atoms with E-state index in [1.165, 1.54) is 0 Å². The number of rotatable bonds is 1. The first-order chi connectivity index (χ1) is 7.72. The van der Waals surface area contributed by atoms with Gasteiger partial charge >= 0.3 is 0 Å². The number of phenolic OH excluding ortho intramolecular Hbond substituents is 1. The van der Waals surface area contributed by atoms with Gasteiger partial charge in [0, 0.05) is 10.8 Å². The molecule has 0 radical (unpaired) electrons. The van der Waals surface area contributed by atoms with E-state index in [2.05, 4.69) is 10.4 Å². The van der Waals surface area contributed by atoms with Crippen molar-refractivity contribution in [3.63, 3.8) is 0 Å². The molecule has 6 N–H and O–H groups in total. The van der Waals surface area contributed by atoms with Crippen molar-refractivity contribution in [2.24, 2.45) is 16.6 Å². The van der Waals surface area contributed by atoms with Crippen molar-refractivity contribution in [1.82, 2.24) is 5.43 Å². The van der Waals surface area contributed by atoms with E-state index in [9.17, 15) is 5.11 Å². The van der Waals surface area contributed by atoms with Gasteiger partial charge in [-0.05, 0) is 12.1 Å². The number of nitrogens with zero attached hydrogens (tertiary/aromatic N) is 1. The van der Waals surface area contributed by atoms with Crippen LogP contribution in [0, 0.1) is 0 Å². The molecule has 5 heteroatoms. The zero-order valence-electron chi connectivity index (χ0n) is 8.51. The Hall–Kier alpha value is -2.27. The first-order valence-electron chi connectivity index (χ1n) is 4.74. The molecule has 5 nitrogen and oxygen atoms in total. The molecule has 16 heavy (non-hydrogen) atoms. The molecule has 2 aromatic rings. The van der Waals surface area contributed by atoms with Gasteiger partial charge in [-0.2, -0.15) is 0 Å². The SMILES string of the molecule is NNC(N)=Nc1ccc(O)c2ccccc12. The van der Waals surface area contributed by atoms with Crippen molar-refractivity contribution in [2.75, 3.05) is 0 Å². The Bertz CT molecular complexity index is 551. The minimum absolute atomic E-state index is 0.121. The molecule has 2 aromatic carbocycles. The first kappa shape index (κ1) is 10.3. The highest BCUT2D eigenvalue weighted by atomic mass is 16.3. The van der Waals surface area contributed by atoms with Crippen LogP contribution in [-0.4, -0.2) is 11.1 Å². The monoisotopic (exact) mass is 216 g/mol. The molecule has 0 atom stereocenters. The summed E-state index contributed by atoms with van der Waals surface area (Å²) in [7, 11) is 0. The minimum atomic E-state index is 0.121. The van der Waals surface area contributed by atoms with Crippen LogP contribution in [0.1, 0.15) is 0 Å². The Morgan fingerprint density at radius 2 is 1.81 bits per heavy atom. The zero-order chi connectivity index (χ0) is 11.5. The summed E-state index contributed by atoms with van der Waals surface area (Å²) in [4.78, 5) is 4.09. The van der Waals surface area contributed by atoms with Gasteiger partial charge in [0.1, 0.15) is 5.75 Å². The van der Waals surface area contributed by atoms with Crippen molar-refractivity contribution in [3.05, 3.63) is 36.4 Å². The zero-order valence-corrected chi connectivity index (χ0v) is 8.51. The topological polar surface area (TPSA) is 96.7 Å². The standard InChI is InChI=1S/C11H12N4O/c12-11(15-13)14-9-5-6-10(16)8-4-2-1-3-7(8)9/h1-6,16H,13H2,(H3,12,14,15). The van der Waals surface area contributed by atoms with E-state index in [-0.39, 0.29) is 11.7 Å². The highest BCUT2D eigenvalue weighted by Gasteiger charge is 2.03. The number of hydrogen-bond donors (Lipinski definition) is 4. The quantitative estimate of drug-likeness (QED) is 0.247. The fraction of sp³-hybridized carbons (Fsp3) is 0. The Labute approximate surface area is 92.4 Å². The summed E-state index contributed by atoms with van der Waals surface area (Å²) in [5.74, 6) is 5.48. The molecular formula is C11H12N4O. The molecule has 0 amide bonds. The third kappa shape index (κ3) is 1.76. The number of aromatic hydroxyl groups is 1. The van der Waals surface area contributed by atoms with Crippen LogP contribution in [0.2, 0.25) is 0 Å². The smallest absolute Gasteiger partial charge is 0.208 e. The second kappa shape index (κ2) is 4.08. The van der Waals surface area contributed by atoms with Crippen molar-refractivity contribution in [1.29, 1.82) is 0 Å². The van der Waals surface area contributed by atoms with Crippen LogP contribution in [0.5, 0.6) is 5.75 Å². The summed E-state index contributed by atoms with van der Waals surface area (Å²) in [5.41, 5.74) is 8.40. The summed E-state index contributed by atoms with van der Waals surface area (Å²) in [6.07, 6.45) is 0. The second-order valence-electron chi connectivity index (χ2n) is 3.29. The Morgan fingerprint density at radius 1 is 1.12 bits per heavy atom. The van der Waals surface area contributed by atoms with Crippen molar-refractivity contribution < 1.29 is 5.11 Å². The largest absolute Gasteiger partial charge is 0.507 e. The van der Waals surface area contributed by atoms with E-state index in [1.54, 1.807) is 12.1 Å². The lowest BCUT2D eigenvalue weighted by Gasteiger charge is -2.05. The van der Waals surface area contributed by atoms with Crippen LogP contribution in [0.4, 0.5) is 5.69 Å². The van der Waals surface area contributed by atoms with Crippen LogP contribution in [0.3, 0.4) is 0 Å². The summed E-state index contributed by atoms with van der Waals surface area (Å²) in [6, 6.07) is 10.6. The predicted octanol–water partition coefficient (Wildman–Crippen LogP) is 0.955. The summed E-state index contributed by atoms with van der Waals surface area (Å²) in [6.45, 7) is 0. The molecule has 0 aromatic heterocycles. The van der Waals surface area contributed by atoms with Crippen LogP contribution in [0.15, 0.2) is 41.4 Å². The van der Waals surface area contributed by atoms with Crippen LogP contribution >= 0.6 is 0 Å². The molecule has 0 saturated carbocycles. The Kier molecular flexibility index (Phi) is 2.61. The normalized spacial score (nSPS) is 11.7. The molecular weight excluding hydrogens is 204 g/mol. The number of benzene rings is 2. The van der Waals surface area contributed by atoms with Crippen molar-refractivity contribution in [2.45, 2.75) is 0 Å².